The fourth-order valence-electron chi connectivity index (χ4n) is 2.50. The number of anilines is 1. The summed E-state index contributed by atoms with van der Waals surface area (Å²) in [5, 5.41) is 7.25. The summed E-state index contributed by atoms with van der Waals surface area (Å²) in [6.07, 6.45) is 5.76. The summed E-state index contributed by atoms with van der Waals surface area (Å²) in [5.41, 5.74) is 0. The van der Waals surface area contributed by atoms with Gasteiger partial charge in [0.2, 0.25) is 5.91 Å². The summed E-state index contributed by atoms with van der Waals surface area (Å²) in [6.45, 7) is 2.20. The smallest absolute Gasteiger partial charge is 0.239 e. The molecular formula is C13H21N3O2S. The van der Waals surface area contributed by atoms with Gasteiger partial charge in [-0.3, -0.25) is 9.69 Å². The van der Waals surface area contributed by atoms with Gasteiger partial charge in [-0.15, -0.1) is 0 Å². The van der Waals surface area contributed by atoms with E-state index in [0.29, 0.717) is 24.2 Å². The van der Waals surface area contributed by atoms with Crippen molar-refractivity contribution in [2.75, 3.05) is 25.2 Å². The van der Waals surface area contributed by atoms with Crippen LogP contribution < -0.4 is 5.32 Å². The molecule has 1 fully saturated rings. The van der Waals surface area contributed by atoms with Crippen molar-refractivity contribution in [2.45, 2.75) is 37.5 Å². The lowest BCUT2D eigenvalue weighted by Crippen LogP contribution is -2.36. The molecule has 2 rings (SSSR count). The number of aromatic nitrogens is 1. The molecule has 2 unspecified atom stereocenters. The van der Waals surface area contributed by atoms with Crippen molar-refractivity contribution in [1.29, 1.82) is 0 Å². The van der Waals surface area contributed by atoms with Gasteiger partial charge >= 0.3 is 0 Å². The molecule has 1 aromatic heterocycles. The average molecular weight is 283 g/mol. The summed E-state index contributed by atoms with van der Waals surface area (Å²) in [4.78, 5) is 14.0. The first-order chi connectivity index (χ1) is 9.08. The molecular weight excluding hydrogens is 262 g/mol. The van der Waals surface area contributed by atoms with Gasteiger partial charge in [0.1, 0.15) is 5.76 Å². The molecule has 2 atom stereocenters. The number of rotatable bonds is 5. The van der Waals surface area contributed by atoms with Crippen LogP contribution in [0.2, 0.25) is 0 Å². The molecule has 106 valence electrons. The SMILES string of the molecule is CSC1CCC(N(C)CC(=O)Nc2cc(C)on2)C1. The Labute approximate surface area is 118 Å². The minimum atomic E-state index is -0.0385. The van der Waals surface area contributed by atoms with E-state index in [-0.39, 0.29) is 5.91 Å². The first kappa shape index (κ1) is 14.4. The van der Waals surface area contributed by atoms with Gasteiger partial charge in [0, 0.05) is 17.4 Å². The standard InChI is InChI=1S/C13H21N3O2S/c1-9-6-12(15-18-9)14-13(17)8-16(2)10-4-5-11(7-10)19-3/h6,10-11H,4-5,7-8H2,1-3H3,(H,14,15,17). The van der Waals surface area contributed by atoms with E-state index in [4.69, 9.17) is 4.52 Å². The maximum absolute atomic E-state index is 11.9. The number of likely N-dealkylation sites (N-methyl/N-ethyl adjacent to an activating group) is 1. The monoisotopic (exact) mass is 283 g/mol. The van der Waals surface area contributed by atoms with Crippen LogP contribution in [-0.4, -0.2) is 47.1 Å². The van der Waals surface area contributed by atoms with Crippen molar-refractivity contribution < 1.29 is 9.32 Å². The second-order valence-corrected chi connectivity index (χ2v) is 6.25. The highest BCUT2D eigenvalue weighted by Gasteiger charge is 2.27. The molecule has 5 nitrogen and oxygen atoms in total. The van der Waals surface area contributed by atoms with Gasteiger partial charge in [-0.1, -0.05) is 5.16 Å². The molecule has 1 saturated carbocycles. The van der Waals surface area contributed by atoms with Gasteiger partial charge in [-0.2, -0.15) is 11.8 Å². The van der Waals surface area contributed by atoms with Crippen molar-refractivity contribution in [3.8, 4) is 0 Å². The van der Waals surface area contributed by atoms with Gasteiger partial charge in [0.15, 0.2) is 5.82 Å². The van der Waals surface area contributed by atoms with Crippen LogP contribution in [0.5, 0.6) is 0 Å². The molecule has 0 radical (unpaired) electrons. The number of thioether (sulfide) groups is 1. The van der Waals surface area contributed by atoms with Crippen molar-refractivity contribution >= 4 is 23.5 Å². The summed E-state index contributed by atoms with van der Waals surface area (Å²) < 4.78 is 4.92. The number of carbonyl (C=O) groups is 1. The van der Waals surface area contributed by atoms with E-state index in [2.05, 4.69) is 21.6 Å². The van der Waals surface area contributed by atoms with Gasteiger partial charge in [-0.25, -0.2) is 0 Å². The Bertz CT molecular complexity index is 435. The highest BCUT2D eigenvalue weighted by atomic mass is 32.2. The number of hydrogen-bond donors (Lipinski definition) is 1. The molecule has 1 amide bonds. The van der Waals surface area contributed by atoms with Crippen molar-refractivity contribution in [1.82, 2.24) is 10.1 Å². The molecule has 1 aromatic rings. The summed E-state index contributed by atoms with van der Waals surface area (Å²) >= 11 is 1.93. The van der Waals surface area contributed by atoms with Crippen molar-refractivity contribution in [2.24, 2.45) is 0 Å². The maximum Gasteiger partial charge on any atom is 0.239 e. The van der Waals surface area contributed by atoms with E-state index in [1.807, 2.05) is 18.8 Å². The van der Waals surface area contributed by atoms with Crippen LogP contribution in [0.4, 0.5) is 5.82 Å². The maximum atomic E-state index is 11.9. The zero-order valence-corrected chi connectivity index (χ0v) is 12.5. The topological polar surface area (TPSA) is 58.4 Å². The van der Waals surface area contributed by atoms with Gasteiger partial charge in [-0.05, 0) is 39.5 Å². The van der Waals surface area contributed by atoms with E-state index >= 15 is 0 Å². The highest BCUT2D eigenvalue weighted by Crippen LogP contribution is 2.30. The zero-order valence-electron chi connectivity index (χ0n) is 11.7. The number of nitrogens with zero attached hydrogens (tertiary/aromatic N) is 2. The van der Waals surface area contributed by atoms with Crippen LogP contribution in [0.25, 0.3) is 0 Å². The predicted octanol–water partition coefficient (Wildman–Crippen LogP) is 2.14. The Kier molecular flexibility index (Phi) is 4.87. The Morgan fingerprint density at radius 1 is 1.63 bits per heavy atom. The van der Waals surface area contributed by atoms with Gasteiger partial charge in [0.25, 0.3) is 0 Å². The second kappa shape index (κ2) is 6.43. The quantitative estimate of drug-likeness (QED) is 0.897. The van der Waals surface area contributed by atoms with Crippen molar-refractivity contribution in [3.63, 3.8) is 0 Å². The number of aryl methyl sites for hydroxylation is 1. The van der Waals surface area contributed by atoms with Crippen molar-refractivity contribution in [3.05, 3.63) is 11.8 Å². The van der Waals surface area contributed by atoms with Crippen LogP contribution in [0.15, 0.2) is 10.6 Å². The highest BCUT2D eigenvalue weighted by molar-refractivity contribution is 7.99. The molecule has 19 heavy (non-hydrogen) atoms. The molecule has 1 aliphatic carbocycles. The number of amides is 1. The van der Waals surface area contributed by atoms with Crippen LogP contribution in [0, 0.1) is 6.92 Å². The van der Waals surface area contributed by atoms with Crippen LogP contribution in [-0.2, 0) is 4.79 Å². The Morgan fingerprint density at radius 2 is 2.42 bits per heavy atom. The van der Waals surface area contributed by atoms with Crippen LogP contribution in [0.3, 0.4) is 0 Å². The van der Waals surface area contributed by atoms with Gasteiger partial charge in [0.05, 0.1) is 6.54 Å². The second-order valence-electron chi connectivity index (χ2n) is 5.11. The zero-order chi connectivity index (χ0) is 13.8. The third-order valence-corrected chi connectivity index (χ3v) is 4.70. The predicted molar refractivity (Wildman–Crippen MR) is 77.4 cm³/mol. The Morgan fingerprint density at radius 3 is 3.00 bits per heavy atom. The van der Waals surface area contributed by atoms with E-state index < -0.39 is 0 Å². The molecule has 6 heteroatoms. The van der Waals surface area contributed by atoms with E-state index in [1.54, 1.807) is 13.0 Å². The lowest BCUT2D eigenvalue weighted by Gasteiger charge is -2.23. The number of nitrogens with one attached hydrogen (secondary N) is 1. The van der Waals surface area contributed by atoms with Crippen LogP contribution in [0.1, 0.15) is 25.0 Å². The fraction of sp³-hybridized carbons (Fsp3) is 0.692. The van der Waals surface area contributed by atoms with E-state index in [1.165, 1.54) is 19.3 Å². The largest absolute Gasteiger partial charge is 0.360 e. The Hall–Kier alpha value is -1.01. The normalized spacial score (nSPS) is 22.9. The average Bonchev–Trinajstić information content (AvgIpc) is 2.98. The lowest BCUT2D eigenvalue weighted by atomic mass is 10.2. The Balaban J connectivity index is 1.79. The lowest BCUT2D eigenvalue weighted by molar-refractivity contribution is -0.117. The molecule has 0 aliphatic heterocycles. The fourth-order valence-corrected chi connectivity index (χ4v) is 3.28. The summed E-state index contributed by atoms with van der Waals surface area (Å²) in [5.74, 6) is 1.15. The van der Waals surface area contributed by atoms with Gasteiger partial charge < -0.3 is 9.84 Å². The summed E-state index contributed by atoms with van der Waals surface area (Å²) in [6, 6.07) is 2.24. The molecule has 1 heterocycles. The number of hydrogen-bond acceptors (Lipinski definition) is 5. The number of carbonyl (C=O) groups excluding carboxylic acids is 1. The third kappa shape index (κ3) is 3.98. The molecule has 0 saturated heterocycles. The molecule has 1 N–H and O–H groups in total. The van der Waals surface area contributed by atoms with E-state index in [9.17, 15) is 4.79 Å². The molecule has 0 aromatic carbocycles. The minimum Gasteiger partial charge on any atom is -0.360 e. The van der Waals surface area contributed by atoms with E-state index in [0.717, 1.165) is 5.25 Å². The molecule has 0 bridgehead atoms. The summed E-state index contributed by atoms with van der Waals surface area (Å²) in [7, 11) is 2.01. The first-order valence-electron chi connectivity index (χ1n) is 6.54. The van der Waals surface area contributed by atoms with Crippen LogP contribution >= 0.6 is 11.8 Å². The first-order valence-corrected chi connectivity index (χ1v) is 7.83. The minimum absolute atomic E-state index is 0.0385. The third-order valence-electron chi connectivity index (χ3n) is 3.60. The molecule has 0 spiro atoms. The molecule has 1 aliphatic rings.